The smallest absolute Gasteiger partial charge is 0.270 e. The number of aromatic amines is 1. The maximum absolute atomic E-state index is 14.0. The van der Waals surface area contributed by atoms with Gasteiger partial charge in [0.15, 0.2) is 0 Å². The van der Waals surface area contributed by atoms with Crippen LogP contribution in [0.4, 0.5) is 4.39 Å². The summed E-state index contributed by atoms with van der Waals surface area (Å²) in [5, 5.41) is 0.784. The van der Waals surface area contributed by atoms with Gasteiger partial charge in [-0.05, 0) is 51.4 Å². The lowest BCUT2D eigenvalue weighted by Gasteiger charge is -2.26. The molecule has 1 amide bonds. The van der Waals surface area contributed by atoms with Crippen molar-refractivity contribution in [2.45, 2.75) is 39.5 Å². The second-order valence-corrected chi connectivity index (χ2v) is 6.93. The molecule has 2 aromatic rings. The minimum absolute atomic E-state index is 0.0366. The third kappa shape index (κ3) is 3.87. The molecule has 1 N–H and O–H groups in total. The fourth-order valence-corrected chi connectivity index (χ4v) is 3.71. The third-order valence-corrected chi connectivity index (χ3v) is 5.31. The van der Waals surface area contributed by atoms with Gasteiger partial charge in [-0.25, -0.2) is 4.39 Å². The molecule has 0 radical (unpaired) electrons. The van der Waals surface area contributed by atoms with Crippen LogP contribution in [0, 0.1) is 12.7 Å². The van der Waals surface area contributed by atoms with Crippen molar-refractivity contribution in [2.24, 2.45) is 0 Å². The molecule has 0 bridgehead atoms. The molecule has 1 aliphatic rings. The van der Waals surface area contributed by atoms with E-state index in [0.29, 0.717) is 24.3 Å². The van der Waals surface area contributed by atoms with Crippen molar-refractivity contribution in [3.8, 4) is 0 Å². The first-order valence-electron chi connectivity index (χ1n) is 9.40. The predicted molar refractivity (Wildman–Crippen MR) is 99.5 cm³/mol. The summed E-state index contributed by atoms with van der Waals surface area (Å²) in [4.78, 5) is 20.3. The highest BCUT2D eigenvalue weighted by Gasteiger charge is 2.21. The van der Waals surface area contributed by atoms with Crippen molar-refractivity contribution >= 4 is 16.8 Å². The number of aryl methyl sites for hydroxylation is 1. The number of halogens is 1. The Morgan fingerprint density at radius 2 is 1.96 bits per heavy atom. The first kappa shape index (κ1) is 17.9. The Labute approximate surface area is 149 Å². The number of H-pyrrole nitrogens is 1. The van der Waals surface area contributed by atoms with E-state index in [1.807, 2.05) is 24.8 Å². The summed E-state index contributed by atoms with van der Waals surface area (Å²) in [6.07, 6.45) is 5.13. The normalized spacial score (nSPS) is 16.1. The molecule has 1 aromatic carbocycles. The lowest BCUT2D eigenvalue weighted by molar-refractivity contribution is 0.0739. The summed E-state index contributed by atoms with van der Waals surface area (Å²) in [6, 6.07) is 4.96. The lowest BCUT2D eigenvalue weighted by Crippen LogP contribution is -2.39. The minimum Gasteiger partial charge on any atom is -0.348 e. The summed E-state index contributed by atoms with van der Waals surface area (Å²) >= 11 is 0. The third-order valence-electron chi connectivity index (χ3n) is 5.31. The zero-order valence-corrected chi connectivity index (χ0v) is 15.3. The van der Waals surface area contributed by atoms with Crippen LogP contribution in [0.3, 0.4) is 0 Å². The molecule has 5 heteroatoms. The van der Waals surface area contributed by atoms with Crippen LogP contribution in [0.1, 0.15) is 48.7 Å². The topological polar surface area (TPSA) is 39.3 Å². The van der Waals surface area contributed by atoms with Crippen molar-refractivity contribution < 1.29 is 9.18 Å². The Morgan fingerprint density at radius 3 is 2.60 bits per heavy atom. The van der Waals surface area contributed by atoms with Gasteiger partial charge >= 0.3 is 0 Å². The molecule has 1 aliphatic heterocycles. The highest BCUT2D eigenvalue weighted by atomic mass is 19.1. The monoisotopic (exact) mass is 345 g/mol. The first-order valence-corrected chi connectivity index (χ1v) is 9.40. The van der Waals surface area contributed by atoms with Gasteiger partial charge in [-0.15, -0.1) is 0 Å². The standard InChI is InChI=1S/C20H28FN3O/c1-3-24(14-13-23-11-6-4-5-7-12-23)20(25)18-15(2)16-9-8-10-17(21)19(16)22-18/h8-10,22H,3-7,11-14H2,1-2H3. The van der Waals surface area contributed by atoms with Crippen LogP contribution in [0.15, 0.2) is 18.2 Å². The second kappa shape index (κ2) is 8.00. The Morgan fingerprint density at radius 1 is 1.24 bits per heavy atom. The van der Waals surface area contributed by atoms with E-state index < -0.39 is 0 Å². The summed E-state index contributed by atoms with van der Waals surface area (Å²) in [5.74, 6) is -0.349. The molecular formula is C20H28FN3O. The number of carbonyl (C=O) groups excluding carboxylic acids is 1. The largest absolute Gasteiger partial charge is 0.348 e. The molecule has 0 saturated carbocycles. The van der Waals surface area contributed by atoms with Gasteiger partial charge in [-0.3, -0.25) is 4.79 Å². The number of aromatic nitrogens is 1. The number of likely N-dealkylation sites (tertiary alicyclic amines) is 1. The van der Waals surface area contributed by atoms with E-state index in [1.54, 1.807) is 6.07 Å². The van der Waals surface area contributed by atoms with Gasteiger partial charge < -0.3 is 14.8 Å². The number of likely N-dealkylation sites (N-methyl/N-ethyl adjacent to an activating group) is 1. The van der Waals surface area contributed by atoms with E-state index in [-0.39, 0.29) is 11.7 Å². The number of fused-ring (bicyclic) bond motifs is 1. The molecule has 3 rings (SSSR count). The van der Waals surface area contributed by atoms with E-state index in [4.69, 9.17) is 0 Å². The van der Waals surface area contributed by atoms with E-state index >= 15 is 0 Å². The highest BCUT2D eigenvalue weighted by Crippen LogP contribution is 2.24. The van der Waals surface area contributed by atoms with Crippen molar-refractivity contribution in [1.82, 2.24) is 14.8 Å². The average Bonchev–Trinajstić information content (AvgIpc) is 2.79. The SMILES string of the molecule is CCN(CCN1CCCCCC1)C(=O)c1[nH]c2c(F)cccc2c1C. The summed E-state index contributed by atoms with van der Waals surface area (Å²) in [7, 11) is 0. The van der Waals surface area contributed by atoms with Crippen LogP contribution in [0.25, 0.3) is 10.9 Å². The maximum atomic E-state index is 14.0. The molecule has 1 fully saturated rings. The van der Waals surface area contributed by atoms with Crippen molar-refractivity contribution in [1.29, 1.82) is 0 Å². The fraction of sp³-hybridized carbons (Fsp3) is 0.550. The van der Waals surface area contributed by atoms with Gasteiger partial charge in [-0.1, -0.05) is 25.0 Å². The molecule has 25 heavy (non-hydrogen) atoms. The Bertz CT molecular complexity index is 732. The number of carbonyl (C=O) groups is 1. The molecule has 2 heterocycles. The first-order chi connectivity index (χ1) is 12.1. The predicted octanol–water partition coefficient (Wildman–Crippen LogP) is 3.95. The van der Waals surface area contributed by atoms with Gasteiger partial charge in [0, 0.05) is 25.0 Å². The number of benzene rings is 1. The van der Waals surface area contributed by atoms with Gasteiger partial charge in [-0.2, -0.15) is 0 Å². The summed E-state index contributed by atoms with van der Waals surface area (Å²) < 4.78 is 14.0. The Kier molecular flexibility index (Phi) is 5.74. The maximum Gasteiger partial charge on any atom is 0.270 e. The van der Waals surface area contributed by atoms with Crippen LogP contribution >= 0.6 is 0 Å². The zero-order valence-electron chi connectivity index (χ0n) is 15.3. The number of rotatable bonds is 5. The summed E-state index contributed by atoms with van der Waals surface area (Å²) in [6.45, 7) is 8.42. The van der Waals surface area contributed by atoms with Gasteiger partial charge in [0.25, 0.3) is 5.91 Å². The molecule has 0 atom stereocenters. The van der Waals surface area contributed by atoms with Gasteiger partial charge in [0.1, 0.15) is 11.5 Å². The molecule has 136 valence electrons. The molecule has 4 nitrogen and oxygen atoms in total. The number of hydrogen-bond donors (Lipinski definition) is 1. The zero-order chi connectivity index (χ0) is 17.8. The van der Waals surface area contributed by atoms with E-state index in [2.05, 4.69) is 9.88 Å². The van der Waals surface area contributed by atoms with E-state index in [0.717, 1.165) is 30.6 Å². The van der Waals surface area contributed by atoms with E-state index in [1.165, 1.54) is 31.7 Å². The molecular weight excluding hydrogens is 317 g/mol. The molecule has 0 spiro atoms. The fourth-order valence-electron chi connectivity index (χ4n) is 3.71. The van der Waals surface area contributed by atoms with Crippen molar-refractivity contribution in [3.63, 3.8) is 0 Å². The number of nitrogens with one attached hydrogen (secondary N) is 1. The van der Waals surface area contributed by atoms with Crippen LogP contribution in [-0.2, 0) is 0 Å². The number of amides is 1. The highest BCUT2D eigenvalue weighted by molar-refractivity contribution is 6.01. The van der Waals surface area contributed by atoms with Gasteiger partial charge in [0.2, 0.25) is 0 Å². The van der Waals surface area contributed by atoms with Crippen LogP contribution < -0.4 is 0 Å². The van der Waals surface area contributed by atoms with Gasteiger partial charge in [0.05, 0.1) is 5.52 Å². The molecule has 0 aliphatic carbocycles. The quantitative estimate of drug-likeness (QED) is 0.891. The molecule has 0 unspecified atom stereocenters. The summed E-state index contributed by atoms with van der Waals surface area (Å²) in [5.41, 5.74) is 1.76. The van der Waals surface area contributed by atoms with Crippen molar-refractivity contribution in [2.75, 3.05) is 32.7 Å². The van der Waals surface area contributed by atoms with Crippen LogP contribution in [0.2, 0.25) is 0 Å². The minimum atomic E-state index is -0.313. The van der Waals surface area contributed by atoms with E-state index in [9.17, 15) is 9.18 Å². The van der Waals surface area contributed by atoms with Crippen LogP contribution in [0.5, 0.6) is 0 Å². The molecule has 1 aromatic heterocycles. The Balaban J connectivity index is 1.73. The number of hydrogen-bond acceptors (Lipinski definition) is 2. The number of para-hydroxylation sites is 1. The number of nitrogens with zero attached hydrogens (tertiary/aromatic N) is 2. The van der Waals surface area contributed by atoms with Crippen molar-refractivity contribution in [3.05, 3.63) is 35.3 Å². The second-order valence-electron chi connectivity index (χ2n) is 6.93. The average molecular weight is 345 g/mol. The lowest BCUT2D eigenvalue weighted by atomic mass is 10.1. The Hall–Kier alpha value is -1.88. The van der Waals surface area contributed by atoms with Crippen LogP contribution in [-0.4, -0.2) is 53.4 Å². The molecule has 1 saturated heterocycles.